The van der Waals surface area contributed by atoms with Crippen molar-refractivity contribution in [3.8, 4) is 11.8 Å². The lowest BCUT2D eigenvalue weighted by atomic mass is 10.1. The Kier molecular flexibility index (Phi) is 4.28. The molecule has 0 spiro atoms. The lowest BCUT2D eigenvalue weighted by Crippen LogP contribution is -1.97. The van der Waals surface area contributed by atoms with Crippen molar-refractivity contribution >= 4 is 11.8 Å². The first-order valence-electron chi connectivity index (χ1n) is 4.80. The zero-order valence-corrected chi connectivity index (χ0v) is 9.24. The maximum absolute atomic E-state index is 10.9. The highest BCUT2D eigenvalue weighted by atomic mass is 16.5. The fourth-order valence-corrected chi connectivity index (χ4v) is 1.22. The zero-order chi connectivity index (χ0) is 12.0. The normalized spacial score (nSPS) is 8.88. The van der Waals surface area contributed by atoms with Gasteiger partial charge in [-0.2, -0.15) is 0 Å². The van der Waals surface area contributed by atoms with E-state index >= 15 is 0 Å². The second kappa shape index (κ2) is 5.72. The van der Waals surface area contributed by atoms with E-state index < -0.39 is 5.97 Å². The summed E-state index contributed by atoms with van der Waals surface area (Å²) >= 11 is 0. The average Bonchev–Trinajstić information content (AvgIpc) is 2.25. The number of carbonyl (C=O) groups excluding carboxylic acids is 2. The van der Waals surface area contributed by atoms with Crippen LogP contribution in [0.5, 0.6) is 0 Å². The van der Waals surface area contributed by atoms with Gasteiger partial charge in [0.1, 0.15) is 5.78 Å². The van der Waals surface area contributed by atoms with Crippen LogP contribution in [0.1, 0.15) is 18.1 Å². The second-order valence-corrected chi connectivity index (χ2v) is 3.32. The van der Waals surface area contributed by atoms with Crippen molar-refractivity contribution in [2.24, 2.45) is 0 Å². The Morgan fingerprint density at radius 1 is 1.38 bits per heavy atom. The molecule has 3 nitrogen and oxygen atoms in total. The van der Waals surface area contributed by atoms with E-state index in [0.717, 1.165) is 5.56 Å². The molecule has 0 aliphatic rings. The van der Waals surface area contributed by atoms with E-state index in [1.807, 2.05) is 6.07 Å². The van der Waals surface area contributed by atoms with Gasteiger partial charge in [0.05, 0.1) is 7.11 Å². The van der Waals surface area contributed by atoms with Crippen LogP contribution in [0.25, 0.3) is 0 Å². The molecule has 0 saturated heterocycles. The number of esters is 1. The van der Waals surface area contributed by atoms with E-state index in [1.165, 1.54) is 14.0 Å². The fraction of sp³-hybridized carbons (Fsp3) is 0.231. The highest BCUT2D eigenvalue weighted by molar-refractivity contribution is 5.89. The summed E-state index contributed by atoms with van der Waals surface area (Å²) in [6.07, 6.45) is 0.383. The van der Waals surface area contributed by atoms with E-state index in [1.54, 1.807) is 18.2 Å². The lowest BCUT2D eigenvalue weighted by Gasteiger charge is -1.97. The summed E-state index contributed by atoms with van der Waals surface area (Å²) in [5.74, 6) is 4.53. The third-order valence-electron chi connectivity index (χ3n) is 1.87. The molecule has 0 aliphatic carbocycles. The van der Waals surface area contributed by atoms with Crippen LogP contribution < -0.4 is 0 Å². The van der Waals surface area contributed by atoms with Crippen molar-refractivity contribution in [3.05, 3.63) is 35.4 Å². The Labute approximate surface area is 94.4 Å². The van der Waals surface area contributed by atoms with E-state index in [0.29, 0.717) is 12.0 Å². The highest BCUT2D eigenvalue weighted by Gasteiger charge is 1.98. The predicted molar refractivity (Wildman–Crippen MR) is 59.7 cm³/mol. The fourth-order valence-electron chi connectivity index (χ4n) is 1.22. The summed E-state index contributed by atoms with van der Waals surface area (Å²) in [4.78, 5) is 21.7. The molecule has 0 aromatic heterocycles. The highest BCUT2D eigenvalue weighted by Crippen LogP contribution is 2.05. The number of ketones is 1. The largest absolute Gasteiger partial charge is 0.459 e. The van der Waals surface area contributed by atoms with Gasteiger partial charge in [-0.15, -0.1) is 0 Å². The summed E-state index contributed by atoms with van der Waals surface area (Å²) in [6.45, 7) is 1.53. The predicted octanol–water partition coefficient (Wildman–Crippen LogP) is 1.34. The molecule has 16 heavy (non-hydrogen) atoms. The summed E-state index contributed by atoms with van der Waals surface area (Å²) < 4.78 is 4.40. The van der Waals surface area contributed by atoms with Gasteiger partial charge in [0.25, 0.3) is 0 Å². The zero-order valence-electron chi connectivity index (χ0n) is 9.24. The van der Waals surface area contributed by atoms with Gasteiger partial charge in [0.15, 0.2) is 0 Å². The van der Waals surface area contributed by atoms with E-state index in [-0.39, 0.29) is 5.78 Å². The van der Waals surface area contributed by atoms with Crippen molar-refractivity contribution in [1.82, 2.24) is 0 Å². The van der Waals surface area contributed by atoms with Crippen molar-refractivity contribution in [2.45, 2.75) is 13.3 Å². The van der Waals surface area contributed by atoms with Crippen LogP contribution in [0.15, 0.2) is 24.3 Å². The molecule has 82 valence electrons. The van der Waals surface area contributed by atoms with Gasteiger partial charge in [-0.1, -0.05) is 18.1 Å². The van der Waals surface area contributed by atoms with Gasteiger partial charge >= 0.3 is 5.97 Å². The van der Waals surface area contributed by atoms with Gasteiger partial charge in [-0.25, -0.2) is 4.79 Å². The van der Waals surface area contributed by atoms with Crippen LogP contribution in [-0.4, -0.2) is 18.9 Å². The molecule has 0 saturated carbocycles. The summed E-state index contributed by atoms with van der Waals surface area (Å²) in [5, 5.41) is 0. The van der Waals surface area contributed by atoms with Crippen LogP contribution in [-0.2, 0) is 20.7 Å². The third kappa shape index (κ3) is 3.97. The maximum atomic E-state index is 10.9. The SMILES string of the molecule is COC(=O)C#Cc1cccc(CC(C)=O)c1. The van der Waals surface area contributed by atoms with Crippen LogP contribution in [0.2, 0.25) is 0 Å². The van der Waals surface area contributed by atoms with E-state index in [9.17, 15) is 9.59 Å². The Hall–Kier alpha value is -2.08. The smallest absolute Gasteiger partial charge is 0.384 e. The number of rotatable bonds is 2. The molecule has 0 amide bonds. The van der Waals surface area contributed by atoms with Gasteiger partial charge in [0, 0.05) is 17.9 Å². The van der Waals surface area contributed by atoms with E-state index in [4.69, 9.17) is 0 Å². The molecule has 0 heterocycles. The molecule has 0 unspecified atom stereocenters. The minimum absolute atomic E-state index is 0.0954. The first kappa shape index (κ1) is 12.0. The molecule has 1 aromatic rings. The van der Waals surface area contributed by atoms with Crippen molar-refractivity contribution < 1.29 is 14.3 Å². The van der Waals surface area contributed by atoms with E-state index in [2.05, 4.69) is 16.6 Å². The molecule has 0 aliphatic heterocycles. The first-order valence-corrected chi connectivity index (χ1v) is 4.80. The first-order chi connectivity index (χ1) is 7.61. The third-order valence-corrected chi connectivity index (χ3v) is 1.87. The number of ether oxygens (including phenoxy) is 1. The summed E-state index contributed by atoms with van der Waals surface area (Å²) in [6, 6.07) is 7.22. The quantitative estimate of drug-likeness (QED) is 0.553. The second-order valence-electron chi connectivity index (χ2n) is 3.32. The number of Topliss-reactive ketones (excluding diaryl/α,β-unsaturated/α-hetero) is 1. The summed E-state index contributed by atoms with van der Waals surface area (Å²) in [5.41, 5.74) is 1.59. The number of benzene rings is 1. The van der Waals surface area contributed by atoms with Gasteiger partial charge in [-0.3, -0.25) is 4.79 Å². The molecule has 1 rings (SSSR count). The van der Waals surface area contributed by atoms with Gasteiger partial charge in [-0.05, 0) is 24.6 Å². The Morgan fingerprint density at radius 3 is 2.75 bits per heavy atom. The molecule has 0 bridgehead atoms. The number of hydrogen-bond donors (Lipinski definition) is 0. The Balaban J connectivity index is 2.85. The molecule has 3 heteroatoms. The van der Waals surface area contributed by atoms with Crippen LogP contribution in [0.4, 0.5) is 0 Å². The average molecular weight is 216 g/mol. The van der Waals surface area contributed by atoms with Crippen molar-refractivity contribution in [1.29, 1.82) is 0 Å². The minimum atomic E-state index is -0.572. The maximum Gasteiger partial charge on any atom is 0.384 e. The Morgan fingerprint density at radius 2 is 2.12 bits per heavy atom. The van der Waals surface area contributed by atoms with Crippen LogP contribution >= 0.6 is 0 Å². The number of hydrogen-bond acceptors (Lipinski definition) is 3. The number of methoxy groups -OCH3 is 1. The molecule has 0 N–H and O–H groups in total. The molecular weight excluding hydrogens is 204 g/mol. The topological polar surface area (TPSA) is 43.4 Å². The van der Waals surface area contributed by atoms with Crippen LogP contribution in [0.3, 0.4) is 0 Å². The van der Waals surface area contributed by atoms with Crippen molar-refractivity contribution in [3.63, 3.8) is 0 Å². The van der Waals surface area contributed by atoms with Gasteiger partial charge < -0.3 is 4.74 Å². The monoisotopic (exact) mass is 216 g/mol. The molecule has 0 atom stereocenters. The summed E-state index contributed by atoms with van der Waals surface area (Å²) in [7, 11) is 1.28. The van der Waals surface area contributed by atoms with Crippen LogP contribution in [0, 0.1) is 11.8 Å². The number of carbonyl (C=O) groups is 2. The minimum Gasteiger partial charge on any atom is -0.459 e. The van der Waals surface area contributed by atoms with Crippen molar-refractivity contribution in [2.75, 3.05) is 7.11 Å². The molecule has 0 fully saturated rings. The standard InChI is InChI=1S/C13H12O3/c1-10(14)8-12-5-3-4-11(9-12)6-7-13(15)16-2/h3-5,9H,8H2,1-2H3. The molecular formula is C13H12O3. The lowest BCUT2D eigenvalue weighted by molar-refractivity contribution is -0.133. The molecule has 0 radical (unpaired) electrons. The Bertz CT molecular complexity index is 464. The molecule has 1 aromatic carbocycles. The van der Waals surface area contributed by atoms with Gasteiger partial charge in [0.2, 0.25) is 0 Å².